The van der Waals surface area contributed by atoms with Crippen molar-refractivity contribution in [1.82, 2.24) is 10.3 Å². The smallest absolute Gasteiger partial charge is 0.316 e. The van der Waals surface area contributed by atoms with Crippen LogP contribution >= 0.6 is 8.25 Å². The lowest BCUT2D eigenvalue weighted by Crippen LogP contribution is -2.16. The van der Waals surface area contributed by atoms with E-state index in [1.54, 1.807) is 0 Å². The molecule has 0 bridgehead atoms. The second-order valence-corrected chi connectivity index (χ2v) is 8.47. The van der Waals surface area contributed by atoms with E-state index in [0.717, 1.165) is 25.0 Å². The highest BCUT2D eigenvalue weighted by molar-refractivity contribution is 7.32. The molecule has 0 aliphatic rings. The van der Waals surface area contributed by atoms with Crippen LogP contribution in [0.2, 0.25) is 0 Å². The molecule has 0 aliphatic heterocycles. The molecule has 6 heteroatoms. The Morgan fingerprint density at radius 3 is 2.48 bits per heavy atom. The Morgan fingerprint density at radius 2 is 1.72 bits per heavy atom. The Morgan fingerprint density at radius 1 is 1.00 bits per heavy atom. The molecule has 0 aliphatic carbocycles. The summed E-state index contributed by atoms with van der Waals surface area (Å²) >= 11 is 0. The first-order valence-corrected chi connectivity index (χ1v) is 12.4. The first-order chi connectivity index (χ1) is 14.2. The number of aromatic nitrogens is 1. The number of nitrogens with one attached hydrogen (secondary N) is 1. The highest BCUT2D eigenvalue weighted by Crippen LogP contribution is 2.23. The van der Waals surface area contributed by atoms with Crippen molar-refractivity contribution in [3.05, 3.63) is 41.6 Å². The Bertz CT molecular complexity index is 739. The van der Waals surface area contributed by atoms with Crippen molar-refractivity contribution in [3.8, 4) is 0 Å². The molecule has 1 unspecified atom stereocenters. The molecule has 1 heterocycles. The Hall–Kier alpha value is -1.26. The number of pyridine rings is 1. The molecule has 0 saturated carbocycles. The predicted octanol–water partition coefficient (Wildman–Crippen LogP) is 5.80. The molecular formula is C23H37N2O3P. The van der Waals surface area contributed by atoms with Gasteiger partial charge in [0.05, 0.1) is 12.1 Å². The van der Waals surface area contributed by atoms with Crippen LogP contribution in [0.3, 0.4) is 0 Å². The minimum Gasteiger partial charge on any atom is -0.326 e. The summed E-state index contributed by atoms with van der Waals surface area (Å²) in [5, 5.41) is 4.64. The van der Waals surface area contributed by atoms with E-state index in [4.69, 9.17) is 9.42 Å². The van der Waals surface area contributed by atoms with Crippen molar-refractivity contribution in [2.45, 2.75) is 77.7 Å². The third-order valence-corrected chi connectivity index (χ3v) is 5.73. The summed E-state index contributed by atoms with van der Waals surface area (Å²) in [6, 6.07) is 8.64. The SMILES string of the molecule is CCCCCCCCCCc1ccc(CNCCCO[PH](=O)O)c2ncccc12. The van der Waals surface area contributed by atoms with E-state index >= 15 is 0 Å². The second kappa shape index (κ2) is 14.7. The minimum atomic E-state index is -2.81. The van der Waals surface area contributed by atoms with Gasteiger partial charge in [-0.05, 0) is 43.0 Å². The van der Waals surface area contributed by atoms with Crippen LogP contribution in [0.25, 0.3) is 10.9 Å². The van der Waals surface area contributed by atoms with E-state index < -0.39 is 8.25 Å². The lowest BCUT2D eigenvalue weighted by molar-refractivity contribution is 0.276. The number of unbranched alkanes of at least 4 members (excludes halogenated alkanes) is 7. The summed E-state index contributed by atoms with van der Waals surface area (Å²) in [6.07, 6.45) is 14.4. The molecule has 5 nitrogen and oxygen atoms in total. The van der Waals surface area contributed by atoms with Crippen LogP contribution in [0, 0.1) is 0 Å². The summed E-state index contributed by atoms with van der Waals surface area (Å²) in [5.74, 6) is 0. The number of nitrogens with zero attached hydrogens (tertiary/aromatic N) is 1. The van der Waals surface area contributed by atoms with Crippen LogP contribution in [-0.4, -0.2) is 23.0 Å². The topological polar surface area (TPSA) is 71.5 Å². The van der Waals surface area contributed by atoms with E-state index in [9.17, 15) is 4.57 Å². The van der Waals surface area contributed by atoms with Gasteiger partial charge in [-0.15, -0.1) is 0 Å². The number of hydrogen-bond acceptors (Lipinski definition) is 4. The molecule has 1 aromatic carbocycles. The first-order valence-electron chi connectivity index (χ1n) is 11.1. The summed E-state index contributed by atoms with van der Waals surface area (Å²) in [7, 11) is -2.81. The molecule has 29 heavy (non-hydrogen) atoms. The quantitative estimate of drug-likeness (QED) is 0.265. The van der Waals surface area contributed by atoms with Crippen LogP contribution in [0.15, 0.2) is 30.5 Å². The monoisotopic (exact) mass is 420 g/mol. The Labute approximate surface area is 176 Å². The maximum atomic E-state index is 10.5. The molecule has 0 saturated heterocycles. The van der Waals surface area contributed by atoms with Gasteiger partial charge in [0, 0.05) is 18.1 Å². The average molecular weight is 421 g/mol. The van der Waals surface area contributed by atoms with Crippen molar-refractivity contribution in [3.63, 3.8) is 0 Å². The maximum Gasteiger partial charge on any atom is 0.316 e. The summed E-state index contributed by atoms with van der Waals surface area (Å²) in [5.41, 5.74) is 3.66. The molecule has 1 atom stereocenters. The molecule has 2 N–H and O–H groups in total. The second-order valence-electron chi connectivity index (χ2n) is 7.65. The van der Waals surface area contributed by atoms with Gasteiger partial charge in [-0.2, -0.15) is 0 Å². The van der Waals surface area contributed by atoms with Crippen molar-refractivity contribution < 1.29 is 14.0 Å². The molecule has 0 fully saturated rings. The molecule has 2 rings (SSSR count). The summed E-state index contributed by atoms with van der Waals surface area (Å²) in [6.45, 7) is 4.04. The molecule has 0 amide bonds. The molecule has 0 radical (unpaired) electrons. The van der Waals surface area contributed by atoms with Crippen LogP contribution in [0.5, 0.6) is 0 Å². The standard InChI is InChI=1S/C23H37N2O3P/c1-2-3-4-5-6-7-8-9-12-20-14-15-21(23-22(20)13-10-17-25-23)19-24-16-11-18-28-29(26)27/h10,13-15,17,24,29H,2-9,11-12,16,18-19H2,1H3,(H,26,27). The first kappa shape index (κ1) is 24.0. The maximum absolute atomic E-state index is 10.5. The van der Waals surface area contributed by atoms with Crippen LogP contribution < -0.4 is 5.32 Å². The third-order valence-electron chi connectivity index (χ3n) is 5.28. The van der Waals surface area contributed by atoms with Crippen LogP contribution in [0.4, 0.5) is 0 Å². The minimum absolute atomic E-state index is 0.303. The van der Waals surface area contributed by atoms with E-state index in [2.05, 4.69) is 35.4 Å². The number of aryl methyl sites for hydroxylation is 1. The molecular weight excluding hydrogens is 383 g/mol. The zero-order valence-electron chi connectivity index (χ0n) is 17.8. The fourth-order valence-corrected chi connectivity index (χ4v) is 4.00. The number of fused-ring (bicyclic) bond motifs is 1. The van der Waals surface area contributed by atoms with Crippen molar-refractivity contribution in [1.29, 1.82) is 0 Å². The highest BCUT2D eigenvalue weighted by Gasteiger charge is 2.07. The van der Waals surface area contributed by atoms with Gasteiger partial charge in [-0.3, -0.25) is 9.55 Å². The third kappa shape index (κ3) is 9.39. The van der Waals surface area contributed by atoms with Crippen molar-refractivity contribution in [2.75, 3.05) is 13.2 Å². The lowest BCUT2D eigenvalue weighted by atomic mass is 9.98. The average Bonchev–Trinajstić information content (AvgIpc) is 2.73. The largest absolute Gasteiger partial charge is 0.326 e. The summed E-state index contributed by atoms with van der Waals surface area (Å²) < 4.78 is 15.2. The highest BCUT2D eigenvalue weighted by atomic mass is 31.1. The van der Waals surface area contributed by atoms with Gasteiger partial charge < -0.3 is 14.7 Å². The number of rotatable bonds is 16. The zero-order valence-corrected chi connectivity index (χ0v) is 18.8. The van der Waals surface area contributed by atoms with Gasteiger partial charge >= 0.3 is 8.25 Å². The lowest BCUT2D eigenvalue weighted by Gasteiger charge is -2.11. The molecule has 2 aromatic rings. The zero-order chi connectivity index (χ0) is 20.7. The number of benzene rings is 1. The fraction of sp³-hybridized carbons (Fsp3) is 0.609. The fourth-order valence-electron chi connectivity index (χ4n) is 3.68. The Balaban J connectivity index is 1.79. The van der Waals surface area contributed by atoms with Gasteiger partial charge in [0.1, 0.15) is 0 Å². The van der Waals surface area contributed by atoms with Gasteiger partial charge in [0.15, 0.2) is 0 Å². The van der Waals surface area contributed by atoms with Gasteiger partial charge in [-0.25, -0.2) is 0 Å². The predicted molar refractivity (Wildman–Crippen MR) is 122 cm³/mol. The van der Waals surface area contributed by atoms with Crippen molar-refractivity contribution in [2.24, 2.45) is 0 Å². The summed E-state index contributed by atoms with van der Waals surface area (Å²) in [4.78, 5) is 13.3. The number of hydrogen-bond donors (Lipinski definition) is 2. The van der Waals surface area contributed by atoms with E-state index in [0.29, 0.717) is 13.0 Å². The van der Waals surface area contributed by atoms with Crippen LogP contribution in [-0.2, 0) is 22.1 Å². The van der Waals surface area contributed by atoms with E-state index in [-0.39, 0.29) is 0 Å². The van der Waals surface area contributed by atoms with Gasteiger partial charge in [0.2, 0.25) is 0 Å². The van der Waals surface area contributed by atoms with E-state index in [1.165, 1.54) is 67.9 Å². The molecule has 1 aromatic heterocycles. The van der Waals surface area contributed by atoms with Gasteiger partial charge in [-0.1, -0.05) is 70.1 Å². The molecule has 0 spiro atoms. The molecule has 162 valence electrons. The Kier molecular flexibility index (Phi) is 12.2. The van der Waals surface area contributed by atoms with Gasteiger partial charge in [0.25, 0.3) is 0 Å². The van der Waals surface area contributed by atoms with Crippen LogP contribution in [0.1, 0.15) is 75.8 Å². The van der Waals surface area contributed by atoms with E-state index in [1.807, 2.05) is 12.3 Å². The normalized spacial score (nSPS) is 12.5. The van der Waals surface area contributed by atoms with Crippen molar-refractivity contribution >= 4 is 19.2 Å².